The van der Waals surface area contributed by atoms with Crippen molar-refractivity contribution in [2.75, 3.05) is 0 Å². The number of hydrogen-bond acceptors (Lipinski definition) is 7. The Labute approximate surface area is 228 Å². The highest BCUT2D eigenvalue weighted by Crippen LogP contribution is 2.30. The molecular weight excluding hydrogens is 520 g/mol. The zero-order valence-corrected chi connectivity index (χ0v) is 21.9. The lowest BCUT2D eigenvalue weighted by molar-refractivity contribution is -0.217. The van der Waals surface area contributed by atoms with Gasteiger partial charge in [0.15, 0.2) is 5.75 Å². The average molecular weight is 545 g/mol. The van der Waals surface area contributed by atoms with Gasteiger partial charge in [0.2, 0.25) is 0 Å². The van der Waals surface area contributed by atoms with Gasteiger partial charge in [-0.05, 0) is 86.1 Å². The first kappa shape index (κ1) is 27.4. The third-order valence-electron chi connectivity index (χ3n) is 5.58. The van der Waals surface area contributed by atoms with Gasteiger partial charge in [-0.3, -0.25) is 0 Å². The number of esters is 1. The quantitative estimate of drug-likeness (QED) is 0.0987. The Morgan fingerprint density at radius 3 is 1.79 bits per heavy atom. The summed E-state index contributed by atoms with van der Waals surface area (Å²) in [7, 11) is 0. The van der Waals surface area contributed by atoms with Gasteiger partial charge >= 0.3 is 17.9 Å². The van der Waals surface area contributed by atoms with E-state index < -0.39 is 17.9 Å². The largest absolute Gasteiger partial charge is 0.478 e. The standard InChI is InChI=1S/C30H24O8S/c1-18-3-13-25(28(31)32)20(15-18)17-36-38-22-7-11-24(12-8-22)39-23-9-5-21(6-10-23)37-30(35)27-16-19(2)4-14-26(27)29(33)34/h3-16H,17H2,1-2H3,(H,31,32)(H,33,34). The summed E-state index contributed by atoms with van der Waals surface area (Å²) in [6.07, 6.45) is 0. The fraction of sp³-hybridized carbons (Fsp3) is 0.100. The topological polar surface area (TPSA) is 119 Å². The first-order valence-electron chi connectivity index (χ1n) is 11.8. The predicted octanol–water partition coefficient (Wildman–Crippen LogP) is 6.58. The van der Waals surface area contributed by atoms with Gasteiger partial charge in [-0.1, -0.05) is 41.1 Å². The highest BCUT2D eigenvalue weighted by atomic mass is 32.2. The van der Waals surface area contributed by atoms with Crippen LogP contribution in [0, 0.1) is 13.8 Å². The van der Waals surface area contributed by atoms with Crippen LogP contribution in [0.15, 0.2) is 94.7 Å². The number of aryl methyl sites for hydroxylation is 2. The van der Waals surface area contributed by atoms with Crippen LogP contribution in [0.5, 0.6) is 11.5 Å². The maximum absolute atomic E-state index is 12.6. The summed E-state index contributed by atoms with van der Waals surface area (Å²) in [6.45, 7) is 3.62. The molecular formula is C30H24O8S. The second-order valence-corrected chi connectivity index (χ2v) is 9.75. The van der Waals surface area contributed by atoms with Crippen molar-refractivity contribution in [2.24, 2.45) is 0 Å². The maximum Gasteiger partial charge on any atom is 0.344 e. The zero-order chi connectivity index (χ0) is 27.9. The van der Waals surface area contributed by atoms with E-state index in [9.17, 15) is 24.6 Å². The molecule has 0 radical (unpaired) electrons. The third kappa shape index (κ3) is 7.25. The minimum Gasteiger partial charge on any atom is -0.478 e. The monoisotopic (exact) mass is 544 g/mol. The molecule has 2 N–H and O–H groups in total. The van der Waals surface area contributed by atoms with E-state index >= 15 is 0 Å². The molecule has 9 heteroatoms. The molecule has 198 valence electrons. The molecule has 0 atom stereocenters. The van der Waals surface area contributed by atoms with Crippen LogP contribution in [0.1, 0.15) is 47.8 Å². The molecule has 4 aromatic carbocycles. The van der Waals surface area contributed by atoms with E-state index in [2.05, 4.69) is 0 Å². The summed E-state index contributed by atoms with van der Waals surface area (Å²) in [6, 6.07) is 23.5. The Hall–Kier alpha value is -4.60. The van der Waals surface area contributed by atoms with Crippen molar-refractivity contribution in [3.63, 3.8) is 0 Å². The predicted molar refractivity (Wildman–Crippen MR) is 144 cm³/mol. The van der Waals surface area contributed by atoms with Gasteiger partial charge < -0.3 is 19.8 Å². The number of carboxylic acids is 2. The van der Waals surface area contributed by atoms with Crippen LogP contribution >= 0.6 is 11.8 Å². The first-order chi connectivity index (χ1) is 18.7. The highest BCUT2D eigenvalue weighted by Gasteiger charge is 2.18. The van der Waals surface area contributed by atoms with Crippen molar-refractivity contribution in [1.29, 1.82) is 0 Å². The van der Waals surface area contributed by atoms with Crippen molar-refractivity contribution in [1.82, 2.24) is 0 Å². The second-order valence-electron chi connectivity index (χ2n) is 8.60. The van der Waals surface area contributed by atoms with Crippen LogP contribution in [0.25, 0.3) is 0 Å². The second kappa shape index (κ2) is 12.3. The van der Waals surface area contributed by atoms with Crippen molar-refractivity contribution in [2.45, 2.75) is 30.2 Å². The Kier molecular flexibility index (Phi) is 8.65. The smallest absolute Gasteiger partial charge is 0.344 e. The fourth-order valence-electron chi connectivity index (χ4n) is 3.66. The van der Waals surface area contributed by atoms with E-state index in [0.717, 1.165) is 20.9 Å². The normalized spacial score (nSPS) is 10.6. The number of carbonyl (C=O) groups is 3. The molecule has 0 aliphatic carbocycles. The highest BCUT2D eigenvalue weighted by molar-refractivity contribution is 7.99. The van der Waals surface area contributed by atoms with E-state index in [1.54, 1.807) is 61.5 Å². The van der Waals surface area contributed by atoms with E-state index in [4.69, 9.17) is 14.5 Å². The number of ether oxygens (including phenoxy) is 1. The summed E-state index contributed by atoms with van der Waals surface area (Å²) >= 11 is 1.48. The van der Waals surface area contributed by atoms with Crippen LogP contribution < -0.4 is 9.62 Å². The van der Waals surface area contributed by atoms with Crippen LogP contribution in [-0.2, 0) is 11.5 Å². The molecule has 0 aromatic heterocycles. The lowest BCUT2D eigenvalue weighted by atomic mass is 10.0. The average Bonchev–Trinajstić information content (AvgIpc) is 2.90. The molecule has 0 amide bonds. The number of hydrogen-bond donors (Lipinski definition) is 2. The molecule has 8 nitrogen and oxygen atoms in total. The molecule has 0 heterocycles. The number of rotatable bonds is 10. The molecule has 4 rings (SSSR count). The molecule has 0 aliphatic rings. The summed E-state index contributed by atoms with van der Waals surface area (Å²) in [5, 5.41) is 18.7. The van der Waals surface area contributed by atoms with Gasteiger partial charge in [0, 0.05) is 9.79 Å². The molecule has 0 unspecified atom stereocenters. The summed E-state index contributed by atoms with van der Waals surface area (Å²) in [4.78, 5) is 47.8. The van der Waals surface area contributed by atoms with Gasteiger partial charge in [0.1, 0.15) is 12.4 Å². The van der Waals surface area contributed by atoms with Crippen molar-refractivity contribution in [3.8, 4) is 11.5 Å². The third-order valence-corrected chi connectivity index (χ3v) is 6.60. The van der Waals surface area contributed by atoms with E-state index in [-0.39, 0.29) is 23.3 Å². The Balaban J connectivity index is 1.32. The van der Waals surface area contributed by atoms with Crippen LogP contribution in [0.4, 0.5) is 0 Å². The van der Waals surface area contributed by atoms with Crippen LogP contribution in [-0.4, -0.2) is 28.1 Å². The molecule has 0 bridgehead atoms. The molecule has 39 heavy (non-hydrogen) atoms. The van der Waals surface area contributed by atoms with Crippen molar-refractivity contribution >= 4 is 29.7 Å². The fourth-order valence-corrected chi connectivity index (χ4v) is 4.48. The number of benzene rings is 4. The van der Waals surface area contributed by atoms with Gasteiger partial charge in [0.05, 0.1) is 16.7 Å². The molecule has 0 aliphatic heterocycles. The number of carboxylic acid groups (broad SMARTS) is 2. The van der Waals surface area contributed by atoms with Gasteiger partial charge in [-0.25, -0.2) is 14.4 Å². The van der Waals surface area contributed by atoms with Crippen molar-refractivity contribution in [3.05, 3.63) is 118 Å². The van der Waals surface area contributed by atoms with Crippen molar-refractivity contribution < 1.29 is 39.1 Å². The minimum absolute atomic E-state index is 0.00607. The first-order valence-corrected chi connectivity index (χ1v) is 12.6. The lowest BCUT2D eigenvalue weighted by Crippen LogP contribution is -2.14. The van der Waals surface area contributed by atoms with Gasteiger partial charge in [-0.2, -0.15) is 4.89 Å². The van der Waals surface area contributed by atoms with Gasteiger partial charge in [0.25, 0.3) is 0 Å². The Morgan fingerprint density at radius 2 is 1.21 bits per heavy atom. The lowest BCUT2D eigenvalue weighted by Gasteiger charge is -2.10. The summed E-state index contributed by atoms with van der Waals surface area (Å²) < 4.78 is 5.39. The molecule has 0 saturated heterocycles. The van der Waals surface area contributed by atoms with Gasteiger partial charge in [-0.15, -0.1) is 0 Å². The molecule has 0 saturated carbocycles. The summed E-state index contributed by atoms with van der Waals surface area (Å²) in [5.41, 5.74) is 2.23. The minimum atomic E-state index is -1.20. The Morgan fingerprint density at radius 1 is 0.667 bits per heavy atom. The Bertz CT molecular complexity index is 1510. The van der Waals surface area contributed by atoms with Crippen LogP contribution in [0.3, 0.4) is 0 Å². The molecule has 0 fully saturated rings. The number of aromatic carboxylic acids is 2. The van der Waals surface area contributed by atoms with E-state index in [1.807, 2.05) is 19.1 Å². The van der Waals surface area contributed by atoms with E-state index in [0.29, 0.717) is 17.1 Å². The van der Waals surface area contributed by atoms with E-state index in [1.165, 1.54) is 30.0 Å². The van der Waals surface area contributed by atoms with Crippen LogP contribution in [0.2, 0.25) is 0 Å². The SMILES string of the molecule is Cc1ccc(C(=O)O)c(COOc2ccc(Sc3ccc(OC(=O)c4cc(C)ccc4C(=O)O)cc3)cc2)c1. The zero-order valence-electron chi connectivity index (χ0n) is 21.0. The summed E-state index contributed by atoms with van der Waals surface area (Å²) in [5.74, 6) is -2.21. The molecule has 4 aromatic rings. The molecule has 0 spiro atoms. The maximum atomic E-state index is 12.6. The number of carbonyl (C=O) groups excluding carboxylic acids is 1.